The van der Waals surface area contributed by atoms with Crippen molar-refractivity contribution >= 4 is 11.5 Å². The van der Waals surface area contributed by atoms with E-state index in [9.17, 15) is 0 Å². The van der Waals surface area contributed by atoms with Crippen LogP contribution in [-0.2, 0) is 6.54 Å². The van der Waals surface area contributed by atoms with Gasteiger partial charge in [-0.1, -0.05) is 12.5 Å². The normalized spacial score (nSPS) is 16.5. The summed E-state index contributed by atoms with van der Waals surface area (Å²) in [6, 6.07) is 6.49. The Hall–Kier alpha value is -1.55. The first-order valence-corrected chi connectivity index (χ1v) is 5.79. The molecule has 4 heteroatoms. The summed E-state index contributed by atoms with van der Waals surface area (Å²) in [5.41, 5.74) is 7.85. The maximum absolute atomic E-state index is 5.87. The third-order valence-corrected chi connectivity index (χ3v) is 3.25. The van der Waals surface area contributed by atoms with Gasteiger partial charge >= 0.3 is 0 Å². The summed E-state index contributed by atoms with van der Waals surface area (Å²) in [5, 5.41) is 3.50. The summed E-state index contributed by atoms with van der Waals surface area (Å²) in [6.07, 6.45) is 5.97. The average molecular weight is 216 g/mol. The van der Waals surface area contributed by atoms with Gasteiger partial charge in [0.2, 0.25) is 0 Å². The van der Waals surface area contributed by atoms with Crippen molar-refractivity contribution in [2.75, 3.05) is 5.73 Å². The molecule has 0 spiro atoms. The Kier molecular flexibility index (Phi) is 2.29. The number of imidazole rings is 1. The highest BCUT2D eigenvalue weighted by Gasteiger charge is 2.16. The first kappa shape index (κ1) is 9.66. The quantitative estimate of drug-likeness (QED) is 0.818. The molecule has 0 aromatic carbocycles. The number of rotatable bonds is 3. The topological polar surface area (TPSA) is 55.3 Å². The zero-order valence-corrected chi connectivity index (χ0v) is 9.19. The Balaban J connectivity index is 1.79. The Bertz CT molecular complexity index is 499. The van der Waals surface area contributed by atoms with Crippen LogP contribution in [0.4, 0.5) is 5.82 Å². The van der Waals surface area contributed by atoms with E-state index in [0.717, 1.165) is 23.7 Å². The van der Waals surface area contributed by atoms with Crippen LogP contribution in [0.3, 0.4) is 0 Å². The van der Waals surface area contributed by atoms with Gasteiger partial charge in [-0.3, -0.25) is 4.40 Å². The molecule has 16 heavy (non-hydrogen) atoms. The molecule has 1 saturated carbocycles. The zero-order chi connectivity index (χ0) is 11.0. The number of anilines is 1. The number of nitrogens with two attached hydrogens (primary N) is 1. The summed E-state index contributed by atoms with van der Waals surface area (Å²) >= 11 is 0. The minimum Gasteiger partial charge on any atom is -0.385 e. The van der Waals surface area contributed by atoms with Gasteiger partial charge in [0.15, 0.2) is 0 Å². The molecule has 2 aromatic heterocycles. The van der Waals surface area contributed by atoms with Crippen LogP contribution in [0.15, 0.2) is 24.4 Å². The van der Waals surface area contributed by atoms with Crippen molar-refractivity contribution in [3.63, 3.8) is 0 Å². The third kappa shape index (κ3) is 1.65. The van der Waals surface area contributed by atoms with Crippen LogP contribution in [0.25, 0.3) is 5.65 Å². The van der Waals surface area contributed by atoms with Crippen LogP contribution in [-0.4, -0.2) is 15.4 Å². The van der Waals surface area contributed by atoms with Crippen molar-refractivity contribution < 1.29 is 0 Å². The molecule has 1 aliphatic carbocycles. The molecular weight excluding hydrogens is 200 g/mol. The number of fused-ring (bicyclic) bond motifs is 1. The first-order chi connectivity index (χ1) is 7.83. The van der Waals surface area contributed by atoms with Crippen molar-refractivity contribution in [3.8, 4) is 0 Å². The maximum Gasteiger partial charge on any atom is 0.138 e. The van der Waals surface area contributed by atoms with Crippen LogP contribution in [0, 0.1) is 0 Å². The van der Waals surface area contributed by atoms with E-state index in [1.165, 1.54) is 19.3 Å². The molecule has 4 nitrogen and oxygen atoms in total. The van der Waals surface area contributed by atoms with Gasteiger partial charge in [0.1, 0.15) is 11.5 Å². The van der Waals surface area contributed by atoms with Crippen LogP contribution >= 0.6 is 0 Å². The van der Waals surface area contributed by atoms with Crippen LogP contribution in [0.1, 0.15) is 25.0 Å². The fourth-order valence-electron chi connectivity index (χ4n) is 2.03. The summed E-state index contributed by atoms with van der Waals surface area (Å²) < 4.78 is 1.93. The molecule has 0 saturated heterocycles. The standard InChI is InChI=1S/C12H16N4/c13-11-5-2-6-12-15-10(8-16(11)12)7-14-9-3-1-4-9/h2,5-6,8-9,14H,1,3-4,7,13H2. The molecule has 1 fully saturated rings. The van der Waals surface area contributed by atoms with Gasteiger partial charge in [-0.15, -0.1) is 0 Å². The molecule has 0 amide bonds. The van der Waals surface area contributed by atoms with Crippen LogP contribution < -0.4 is 11.1 Å². The average Bonchev–Trinajstić information content (AvgIpc) is 2.60. The van der Waals surface area contributed by atoms with Gasteiger partial charge in [-0.05, 0) is 25.0 Å². The van der Waals surface area contributed by atoms with Crippen LogP contribution in [0.5, 0.6) is 0 Å². The van der Waals surface area contributed by atoms with Gasteiger partial charge < -0.3 is 11.1 Å². The van der Waals surface area contributed by atoms with E-state index in [1.807, 2.05) is 28.8 Å². The largest absolute Gasteiger partial charge is 0.385 e. The number of pyridine rings is 1. The monoisotopic (exact) mass is 216 g/mol. The highest BCUT2D eigenvalue weighted by molar-refractivity contribution is 5.48. The molecule has 0 radical (unpaired) electrons. The summed E-state index contributed by atoms with van der Waals surface area (Å²) in [5.74, 6) is 0.736. The van der Waals surface area contributed by atoms with Crippen molar-refractivity contribution in [2.45, 2.75) is 31.8 Å². The molecule has 3 rings (SSSR count). The number of nitrogens with one attached hydrogen (secondary N) is 1. The number of hydrogen-bond acceptors (Lipinski definition) is 3. The minimum atomic E-state index is 0.696. The van der Waals surface area contributed by atoms with E-state index < -0.39 is 0 Å². The molecule has 84 valence electrons. The predicted molar refractivity (Wildman–Crippen MR) is 64.1 cm³/mol. The number of nitrogens with zero attached hydrogens (tertiary/aromatic N) is 2. The van der Waals surface area contributed by atoms with Gasteiger partial charge in [0, 0.05) is 18.8 Å². The SMILES string of the molecule is Nc1cccc2nc(CNC3CCC3)cn12. The van der Waals surface area contributed by atoms with Crippen LogP contribution in [0.2, 0.25) is 0 Å². The Labute approximate surface area is 94.5 Å². The Morgan fingerprint density at radius 1 is 1.44 bits per heavy atom. The number of nitrogen functional groups attached to an aromatic ring is 1. The fourth-order valence-corrected chi connectivity index (χ4v) is 2.03. The van der Waals surface area contributed by atoms with Gasteiger partial charge in [-0.2, -0.15) is 0 Å². The van der Waals surface area contributed by atoms with Crippen molar-refractivity contribution in [3.05, 3.63) is 30.1 Å². The lowest BCUT2D eigenvalue weighted by Crippen LogP contribution is -2.34. The molecular formula is C12H16N4. The molecule has 0 bridgehead atoms. The second-order valence-electron chi connectivity index (χ2n) is 4.42. The van der Waals surface area contributed by atoms with E-state index in [0.29, 0.717) is 6.04 Å². The van der Waals surface area contributed by atoms with E-state index in [1.54, 1.807) is 0 Å². The lowest BCUT2D eigenvalue weighted by Gasteiger charge is -2.26. The molecule has 0 unspecified atom stereocenters. The summed E-state index contributed by atoms with van der Waals surface area (Å²) in [7, 11) is 0. The van der Waals surface area contributed by atoms with Gasteiger partial charge in [0.25, 0.3) is 0 Å². The van der Waals surface area contributed by atoms with Crippen molar-refractivity contribution in [2.24, 2.45) is 0 Å². The molecule has 2 aromatic rings. The lowest BCUT2D eigenvalue weighted by molar-refractivity contribution is 0.337. The second-order valence-corrected chi connectivity index (χ2v) is 4.42. The zero-order valence-electron chi connectivity index (χ0n) is 9.19. The van der Waals surface area contributed by atoms with Gasteiger partial charge in [0.05, 0.1) is 5.69 Å². The van der Waals surface area contributed by atoms with E-state index >= 15 is 0 Å². The number of aromatic nitrogens is 2. The molecule has 3 N–H and O–H groups in total. The summed E-state index contributed by atoms with van der Waals surface area (Å²) in [6.45, 7) is 0.839. The highest BCUT2D eigenvalue weighted by Crippen LogP contribution is 2.18. The molecule has 1 aliphatic rings. The Morgan fingerprint density at radius 3 is 3.00 bits per heavy atom. The fraction of sp³-hybridized carbons (Fsp3) is 0.417. The third-order valence-electron chi connectivity index (χ3n) is 3.25. The summed E-state index contributed by atoms with van der Waals surface area (Å²) in [4.78, 5) is 4.52. The molecule has 0 aliphatic heterocycles. The molecule has 0 atom stereocenters. The first-order valence-electron chi connectivity index (χ1n) is 5.79. The molecule has 2 heterocycles. The predicted octanol–water partition coefficient (Wildman–Crippen LogP) is 1.56. The van der Waals surface area contributed by atoms with E-state index in [2.05, 4.69) is 10.3 Å². The van der Waals surface area contributed by atoms with Crippen molar-refractivity contribution in [1.29, 1.82) is 0 Å². The lowest BCUT2D eigenvalue weighted by atomic mass is 9.93. The minimum absolute atomic E-state index is 0.696. The number of hydrogen-bond donors (Lipinski definition) is 2. The van der Waals surface area contributed by atoms with Crippen molar-refractivity contribution in [1.82, 2.24) is 14.7 Å². The second kappa shape index (κ2) is 3.79. The van der Waals surface area contributed by atoms with E-state index in [4.69, 9.17) is 5.73 Å². The van der Waals surface area contributed by atoms with Gasteiger partial charge in [-0.25, -0.2) is 4.98 Å². The van der Waals surface area contributed by atoms with E-state index in [-0.39, 0.29) is 0 Å². The smallest absolute Gasteiger partial charge is 0.138 e. The maximum atomic E-state index is 5.87. The Morgan fingerprint density at radius 2 is 2.31 bits per heavy atom. The highest BCUT2D eigenvalue weighted by atomic mass is 15.1.